The zero-order valence-electron chi connectivity index (χ0n) is 35.6. The normalized spacial score (nSPS) is 11.1. The van der Waals surface area contributed by atoms with Crippen molar-refractivity contribution in [2.45, 2.75) is 51.5 Å². The van der Waals surface area contributed by atoms with E-state index in [4.69, 9.17) is 0 Å². The summed E-state index contributed by atoms with van der Waals surface area (Å²) in [5.41, 5.74) is 5.49. The monoisotopic (exact) mass is 1110 g/mol. The van der Waals surface area contributed by atoms with Crippen molar-refractivity contribution in [3.05, 3.63) is 169 Å². The maximum atomic E-state index is 13.3. The first kappa shape index (κ1) is 52.5. The van der Waals surface area contributed by atoms with Crippen LogP contribution in [-0.4, -0.2) is 46.6 Å². The molecule has 0 fully saturated rings. The summed E-state index contributed by atoms with van der Waals surface area (Å²) in [5.74, 6) is -0.180. The number of amides is 2. The number of aromatic nitrogens is 4. The van der Waals surface area contributed by atoms with Gasteiger partial charge in [0.05, 0.1) is 26.3 Å². The van der Waals surface area contributed by atoms with Gasteiger partial charge in [0.2, 0.25) is 11.8 Å². The van der Waals surface area contributed by atoms with Gasteiger partial charge in [0.25, 0.3) is 20.0 Å². The maximum Gasteiger partial charge on any atom is 0.269 e. The molecule has 0 bridgehead atoms. The van der Waals surface area contributed by atoms with E-state index in [0.29, 0.717) is 17.8 Å². The van der Waals surface area contributed by atoms with Crippen LogP contribution in [0, 0.1) is 13.8 Å². The molecule has 12 nitrogen and oxygen atoms in total. The quantitative estimate of drug-likeness (QED) is 0.142. The minimum Gasteiger partial charge on any atom is -0.318 e. The number of aryl methyl sites for hydroxylation is 2. The maximum absolute atomic E-state index is 13.3. The van der Waals surface area contributed by atoms with Gasteiger partial charge in [-0.3, -0.25) is 14.5 Å². The summed E-state index contributed by atoms with van der Waals surface area (Å²) in [5, 5.41) is 5.79. The third-order valence-electron chi connectivity index (χ3n) is 10.1. The predicted molar refractivity (Wildman–Crippen MR) is 258 cm³/mol. The van der Waals surface area contributed by atoms with E-state index < -0.39 is 20.0 Å². The molecule has 0 unspecified atom stereocenters. The molecule has 2 radical (unpaired) electrons. The van der Waals surface area contributed by atoms with Crippen LogP contribution in [0.3, 0.4) is 0 Å². The molecule has 0 atom stereocenters. The first-order chi connectivity index (χ1) is 30.2. The van der Waals surface area contributed by atoms with Gasteiger partial charge in [0.1, 0.15) is 0 Å². The molecule has 0 aliphatic heterocycles. The van der Waals surface area contributed by atoms with Crippen LogP contribution in [0.1, 0.15) is 38.0 Å². The van der Waals surface area contributed by atoms with E-state index >= 15 is 0 Å². The van der Waals surface area contributed by atoms with Crippen LogP contribution in [0.2, 0.25) is 0 Å². The van der Waals surface area contributed by atoms with Crippen molar-refractivity contribution in [3.63, 3.8) is 0 Å². The number of fused-ring (bicyclic) bond motifs is 2. The Labute approximate surface area is 443 Å². The molecule has 6 aromatic heterocycles. The molecule has 0 spiro atoms. The van der Waals surface area contributed by atoms with Crippen LogP contribution in [-0.2, 0) is 102 Å². The molecule has 332 valence electrons. The molecule has 0 saturated carbocycles. The summed E-state index contributed by atoms with van der Waals surface area (Å²) >= 11 is 2.92. The van der Waals surface area contributed by atoms with Gasteiger partial charge in [-0.05, 0) is 92.2 Å². The van der Waals surface area contributed by atoms with E-state index in [9.17, 15) is 26.4 Å². The summed E-state index contributed by atoms with van der Waals surface area (Å²) < 4.78 is 55.2. The molecule has 3 aromatic carbocycles. The zero-order valence-corrected chi connectivity index (χ0v) is 44.6. The number of benzene rings is 3. The molecule has 66 heavy (non-hydrogen) atoms. The summed E-state index contributed by atoms with van der Waals surface area (Å²) in [6.07, 6.45) is 6.28. The molecule has 1 N–H and O–H groups in total. The Balaban J connectivity index is 0.000000242. The fourth-order valence-electron chi connectivity index (χ4n) is 6.95. The number of hydrogen-bond donors (Lipinski definition) is 1. The van der Waals surface area contributed by atoms with Crippen molar-refractivity contribution in [1.29, 1.82) is 0 Å². The van der Waals surface area contributed by atoms with Crippen molar-refractivity contribution in [3.8, 4) is 20.9 Å². The first-order valence-corrected chi connectivity index (χ1v) is 24.1. The third kappa shape index (κ3) is 11.1. The molecule has 0 aliphatic rings. The zero-order chi connectivity index (χ0) is 44.5. The third-order valence-corrected chi connectivity index (χ3v) is 15.7. The minimum absolute atomic E-state index is 0. The van der Waals surface area contributed by atoms with Crippen LogP contribution in [0.5, 0.6) is 0 Å². The van der Waals surface area contributed by atoms with Gasteiger partial charge in [-0.15, -0.1) is 22.7 Å². The minimum atomic E-state index is -3.79. The number of thiophene rings is 2. The van der Waals surface area contributed by atoms with Gasteiger partial charge in [-0.1, -0.05) is 73.2 Å². The van der Waals surface area contributed by atoms with Crippen LogP contribution in [0.25, 0.3) is 42.9 Å². The molecule has 0 saturated heterocycles. The summed E-state index contributed by atoms with van der Waals surface area (Å²) in [7, 11) is -7.54. The van der Waals surface area contributed by atoms with E-state index in [1.807, 2.05) is 80.6 Å². The Bertz CT molecular complexity index is 3370. The number of anilines is 2. The van der Waals surface area contributed by atoms with Crippen molar-refractivity contribution < 1.29 is 91.8 Å². The Kier molecular flexibility index (Phi) is 17.5. The number of hydrogen-bond acceptors (Lipinski definition) is 10. The van der Waals surface area contributed by atoms with Crippen LogP contribution >= 0.6 is 22.7 Å². The fraction of sp³-hybridized carbons (Fsp3) is 0.125. The Morgan fingerprint density at radius 2 is 1.08 bits per heavy atom. The van der Waals surface area contributed by atoms with E-state index in [2.05, 4.69) is 15.3 Å². The van der Waals surface area contributed by atoms with E-state index in [-0.39, 0.29) is 94.5 Å². The standard InChI is InChI=1S/C27H23N3O3S2.C20H17N3O3S2.CH4.2Y/c1-19-8-10-22(11-9-19)35(32,33)30-17-15-24-23(14-16-28-27(24)30)25-12-13-26(34-25)29(20(2)31)18-21-6-4-3-5-7-21;1-13-3-5-15(6-4-13)28(25,26)23-12-10-17-16(9-11-21-20(17)23)18-7-8-19(27-18)22-14(2)24;;;/h3-17H,18H2,1-2H3;3-12H,1-2H3,(H,22,24);1H4;;. The van der Waals surface area contributed by atoms with E-state index in [0.717, 1.165) is 58.3 Å². The van der Waals surface area contributed by atoms with Gasteiger partial charge in [-0.2, -0.15) is 0 Å². The second kappa shape index (κ2) is 22.1. The largest absolute Gasteiger partial charge is 0.318 e. The SMILES string of the molecule is C.CC(=O)N(Cc1ccccc1)c1ccc(-c2ccnc3c2ccn3S(=O)(=O)c2ccc(C)cc2)s1.CC(=O)Nc1ccc(-c2ccnc3c2ccn3S(=O)(=O)c2ccc(C)cc2)s1.[Y].[Y]. The average molecular weight is 1110 g/mol. The summed E-state index contributed by atoms with van der Waals surface area (Å²) in [6.45, 7) is 7.32. The number of rotatable bonds is 10. The molecule has 6 heterocycles. The molecule has 18 heteroatoms. The van der Waals surface area contributed by atoms with Crippen LogP contribution in [0.4, 0.5) is 10.0 Å². The first-order valence-electron chi connectivity index (χ1n) is 19.6. The second-order valence-corrected chi connectivity index (χ2v) is 20.4. The number of carbonyl (C=O) groups excluding carboxylic acids is 2. The van der Waals surface area contributed by atoms with E-state index in [1.165, 1.54) is 43.7 Å². The second-order valence-electron chi connectivity index (χ2n) is 14.6. The van der Waals surface area contributed by atoms with Crippen molar-refractivity contribution in [2.24, 2.45) is 0 Å². The molecule has 9 rings (SSSR count). The van der Waals surface area contributed by atoms with Crippen molar-refractivity contribution in [1.82, 2.24) is 17.9 Å². The van der Waals surface area contributed by atoms with Gasteiger partial charge in [0, 0.05) is 136 Å². The van der Waals surface area contributed by atoms with Gasteiger partial charge >= 0.3 is 0 Å². The number of carbonyl (C=O) groups is 2. The number of nitrogens with zero attached hydrogens (tertiary/aromatic N) is 5. The fourth-order valence-corrected chi connectivity index (χ4v) is 11.6. The number of pyridine rings is 2. The molecule has 2 amide bonds. The molecular weight excluding hydrogens is 1060 g/mol. The number of nitrogens with one attached hydrogen (secondary N) is 1. The Morgan fingerprint density at radius 1 is 0.606 bits per heavy atom. The molecular formula is C48H44N6O6S4Y2. The molecule has 0 aliphatic carbocycles. The Hall–Kier alpha value is -4.51. The smallest absolute Gasteiger partial charge is 0.269 e. The van der Waals surface area contributed by atoms with Gasteiger partial charge in [0.15, 0.2) is 11.3 Å². The molecule has 9 aromatic rings. The van der Waals surface area contributed by atoms with E-state index in [1.54, 1.807) is 91.1 Å². The van der Waals surface area contributed by atoms with Gasteiger partial charge < -0.3 is 5.32 Å². The van der Waals surface area contributed by atoms with Gasteiger partial charge in [-0.25, -0.2) is 34.7 Å². The predicted octanol–water partition coefficient (Wildman–Crippen LogP) is 10.8. The average Bonchev–Trinajstić information content (AvgIpc) is 4.10. The Morgan fingerprint density at radius 3 is 1.55 bits per heavy atom. The topological polar surface area (TPSA) is 153 Å². The van der Waals surface area contributed by atoms with Crippen molar-refractivity contribution >= 4 is 86.6 Å². The van der Waals surface area contributed by atoms with Crippen LogP contribution in [0.15, 0.2) is 162 Å². The summed E-state index contributed by atoms with van der Waals surface area (Å²) in [4.78, 5) is 36.4. The summed E-state index contributed by atoms with van der Waals surface area (Å²) in [6, 6.07) is 38.2. The van der Waals surface area contributed by atoms with Crippen LogP contribution < -0.4 is 10.2 Å². The van der Waals surface area contributed by atoms with Crippen molar-refractivity contribution in [2.75, 3.05) is 10.2 Å².